The van der Waals surface area contributed by atoms with Gasteiger partial charge in [0.25, 0.3) is 0 Å². The summed E-state index contributed by atoms with van der Waals surface area (Å²) in [5.74, 6) is 1.48. The van der Waals surface area contributed by atoms with Gasteiger partial charge < -0.3 is 19.7 Å². The number of nitrogens with one attached hydrogen (secondary N) is 1. The summed E-state index contributed by atoms with van der Waals surface area (Å²) < 4.78 is 10.6. The first-order valence-electron chi connectivity index (χ1n) is 7.95. The number of carbonyl (C=O) groups excluding carboxylic acids is 1. The molecule has 128 valence electrons. The van der Waals surface area contributed by atoms with Gasteiger partial charge >= 0.3 is 0 Å². The summed E-state index contributed by atoms with van der Waals surface area (Å²) in [5, 5.41) is 5.36. The summed E-state index contributed by atoms with van der Waals surface area (Å²) in [4.78, 5) is 16.1. The van der Waals surface area contributed by atoms with E-state index in [1.54, 1.807) is 31.6 Å². The van der Waals surface area contributed by atoms with E-state index < -0.39 is 0 Å². The number of amides is 1. The van der Waals surface area contributed by atoms with Crippen molar-refractivity contribution in [2.45, 2.75) is 25.9 Å². The number of hydrogen-bond donors (Lipinski definition) is 1. The highest BCUT2D eigenvalue weighted by atomic mass is 32.1. The Morgan fingerprint density at radius 1 is 1.29 bits per heavy atom. The average molecular weight is 346 g/mol. The third kappa shape index (κ3) is 3.33. The van der Waals surface area contributed by atoms with Crippen LogP contribution in [0.5, 0.6) is 11.5 Å². The largest absolute Gasteiger partial charge is 0.497 e. The molecule has 1 aliphatic rings. The van der Waals surface area contributed by atoms with Gasteiger partial charge in [0.1, 0.15) is 17.5 Å². The smallest absolute Gasteiger partial charge is 0.245 e. The van der Waals surface area contributed by atoms with E-state index in [2.05, 4.69) is 16.8 Å². The molecule has 0 saturated heterocycles. The molecule has 3 rings (SSSR count). The van der Waals surface area contributed by atoms with Gasteiger partial charge in [0.05, 0.1) is 19.9 Å². The van der Waals surface area contributed by atoms with Crippen molar-refractivity contribution in [1.82, 2.24) is 4.90 Å². The minimum absolute atomic E-state index is 0.102. The fraction of sp³-hybridized carbons (Fsp3) is 0.389. The fourth-order valence-electron chi connectivity index (χ4n) is 2.92. The van der Waals surface area contributed by atoms with Crippen LogP contribution >= 0.6 is 11.3 Å². The first-order valence-corrected chi connectivity index (χ1v) is 8.83. The maximum Gasteiger partial charge on any atom is 0.245 e. The second-order valence-corrected chi connectivity index (χ2v) is 6.81. The summed E-state index contributed by atoms with van der Waals surface area (Å²) >= 11 is 1.78. The monoisotopic (exact) mass is 346 g/mol. The molecule has 0 saturated carbocycles. The molecule has 0 spiro atoms. The van der Waals surface area contributed by atoms with Crippen LogP contribution in [0.1, 0.15) is 17.4 Å². The van der Waals surface area contributed by atoms with Crippen LogP contribution < -0.4 is 14.8 Å². The molecule has 1 aliphatic heterocycles. The Morgan fingerprint density at radius 3 is 2.88 bits per heavy atom. The molecule has 2 aromatic rings. The minimum atomic E-state index is -0.326. The predicted molar refractivity (Wildman–Crippen MR) is 96.1 cm³/mol. The zero-order valence-electron chi connectivity index (χ0n) is 14.2. The number of rotatable bonds is 5. The highest BCUT2D eigenvalue weighted by Gasteiger charge is 2.25. The number of fused-ring (bicyclic) bond motifs is 1. The Morgan fingerprint density at radius 2 is 2.12 bits per heavy atom. The molecular weight excluding hydrogens is 324 g/mol. The SMILES string of the molecule is COc1ccc(N[C@@H](C)C(=O)N2CCc3sccc3C2)c(OC)c1. The van der Waals surface area contributed by atoms with Crippen LogP contribution in [0.2, 0.25) is 0 Å². The van der Waals surface area contributed by atoms with E-state index in [0.29, 0.717) is 12.3 Å². The zero-order valence-corrected chi connectivity index (χ0v) is 15.0. The maximum absolute atomic E-state index is 12.8. The molecule has 1 N–H and O–H groups in total. The molecular formula is C18H22N2O3S. The van der Waals surface area contributed by atoms with Gasteiger partial charge in [-0.25, -0.2) is 0 Å². The highest BCUT2D eigenvalue weighted by Crippen LogP contribution is 2.30. The molecule has 24 heavy (non-hydrogen) atoms. The van der Waals surface area contributed by atoms with Crippen LogP contribution in [-0.2, 0) is 17.8 Å². The molecule has 0 aliphatic carbocycles. The van der Waals surface area contributed by atoms with Crippen molar-refractivity contribution in [3.05, 3.63) is 40.1 Å². The van der Waals surface area contributed by atoms with Crippen LogP contribution in [-0.4, -0.2) is 37.6 Å². The number of benzene rings is 1. The van der Waals surface area contributed by atoms with E-state index in [-0.39, 0.29) is 11.9 Å². The topological polar surface area (TPSA) is 50.8 Å². The first kappa shape index (κ1) is 16.6. The van der Waals surface area contributed by atoms with Gasteiger partial charge in [0.15, 0.2) is 0 Å². The van der Waals surface area contributed by atoms with Crippen molar-refractivity contribution in [3.63, 3.8) is 0 Å². The molecule has 1 atom stereocenters. The van der Waals surface area contributed by atoms with Crippen LogP contribution in [0.15, 0.2) is 29.6 Å². The van der Waals surface area contributed by atoms with Gasteiger partial charge in [-0.1, -0.05) is 0 Å². The van der Waals surface area contributed by atoms with Crippen molar-refractivity contribution in [1.29, 1.82) is 0 Å². The number of ether oxygens (including phenoxy) is 2. The van der Waals surface area contributed by atoms with Crippen molar-refractivity contribution in [2.24, 2.45) is 0 Å². The van der Waals surface area contributed by atoms with Crippen LogP contribution in [0.4, 0.5) is 5.69 Å². The molecule has 1 aromatic heterocycles. The summed E-state index contributed by atoms with van der Waals surface area (Å²) in [5.41, 5.74) is 2.06. The Bertz CT molecular complexity index is 729. The molecule has 1 amide bonds. The van der Waals surface area contributed by atoms with Crippen molar-refractivity contribution in [2.75, 3.05) is 26.1 Å². The third-order valence-corrected chi connectivity index (χ3v) is 5.29. The average Bonchev–Trinajstić information content (AvgIpc) is 3.08. The Labute approximate surface area is 146 Å². The second-order valence-electron chi connectivity index (χ2n) is 5.81. The van der Waals surface area contributed by atoms with Crippen LogP contribution in [0, 0.1) is 0 Å². The first-order chi connectivity index (χ1) is 11.6. The summed E-state index contributed by atoms with van der Waals surface area (Å²) in [6, 6.07) is 7.31. The maximum atomic E-state index is 12.8. The second kappa shape index (κ2) is 7.13. The van der Waals surface area contributed by atoms with Crippen molar-refractivity contribution < 1.29 is 14.3 Å². The lowest BCUT2D eigenvalue weighted by atomic mass is 10.1. The van der Waals surface area contributed by atoms with E-state index in [1.165, 1.54) is 10.4 Å². The summed E-state index contributed by atoms with van der Waals surface area (Å²) in [6.07, 6.45) is 0.942. The van der Waals surface area contributed by atoms with Crippen LogP contribution in [0.3, 0.4) is 0 Å². The number of thiophene rings is 1. The predicted octanol–water partition coefficient (Wildman–Crippen LogP) is 3.15. The lowest BCUT2D eigenvalue weighted by Gasteiger charge is -2.30. The fourth-order valence-corrected chi connectivity index (χ4v) is 3.81. The quantitative estimate of drug-likeness (QED) is 0.904. The normalized spacial score (nSPS) is 14.7. The van der Waals surface area contributed by atoms with Gasteiger partial charge in [-0.3, -0.25) is 4.79 Å². The van der Waals surface area contributed by atoms with Gasteiger partial charge in [-0.15, -0.1) is 11.3 Å². The molecule has 0 bridgehead atoms. The summed E-state index contributed by atoms with van der Waals surface area (Å²) in [6.45, 7) is 3.36. The zero-order chi connectivity index (χ0) is 17.1. The third-order valence-electron chi connectivity index (χ3n) is 4.27. The van der Waals surface area contributed by atoms with Gasteiger partial charge in [-0.05, 0) is 42.5 Å². The Balaban J connectivity index is 1.69. The molecule has 0 fully saturated rings. The number of nitrogens with zero attached hydrogens (tertiary/aromatic N) is 1. The van der Waals surface area contributed by atoms with Gasteiger partial charge in [0.2, 0.25) is 5.91 Å². The van der Waals surface area contributed by atoms with Gasteiger partial charge in [-0.2, -0.15) is 0 Å². The minimum Gasteiger partial charge on any atom is -0.497 e. The van der Waals surface area contributed by atoms with Crippen molar-refractivity contribution >= 4 is 22.9 Å². The molecule has 1 aromatic carbocycles. The van der Waals surface area contributed by atoms with E-state index in [0.717, 1.165) is 24.4 Å². The number of methoxy groups -OCH3 is 2. The molecule has 0 unspecified atom stereocenters. The van der Waals surface area contributed by atoms with Crippen molar-refractivity contribution in [3.8, 4) is 11.5 Å². The molecule has 6 heteroatoms. The molecule has 0 radical (unpaired) electrons. The van der Waals surface area contributed by atoms with E-state index in [9.17, 15) is 4.79 Å². The van der Waals surface area contributed by atoms with E-state index in [4.69, 9.17) is 9.47 Å². The molecule has 2 heterocycles. The van der Waals surface area contributed by atoms with Crippen LogP contribution in [0.25, 0.3) is 0 Å². The Kier molecular flexibility index (Phi) is 4.94. The van der Waals surface area contributed by atoms with E-state index >= 15 is 0 Å². The highest BCUT2D eigenvalue weighted by molar-refractivity contribution is 7.10. The standard InChI is InChI=1S/C18H22N2O3S/c1-12(19-15-5-4-14(22-2)10-16(15)23-3)18(21)20-8-6-17-13(11-20)7-9-24-17/h4-5,7,9-10,12,19H,6,8,11H2,1-3H3/t12-/m0/s1. The Hall–Kier alpha value is -2.21. The summed E-state index contributed by atoms with van der Waals surface area (Å²) in [7, 11) is 3.22. The number of carbonyl (C=O) groups is 1. The van der Waals surface area contributed by atoms with E-state index in [1.807, 2.05) is 24.0 Å². The number of anilines is 1. The van der Waals surface area contributed by atoms with Gasteiger partial charge in [0, 0.05) is 24.0 Å². The number of hydrogen-bond acceptors (Lipinski definition) is 5. The lowest BCUT2D eigenvalue weighted by Crippen LogP contribution is -2.43. The molecule has 5 nitrogen and oxygen atoms in total. The lowest BCUT2D eigenvalue weighted by molar-refractivity contribution is -0.132.